The minimum Gasteiger partial charge on any atom is -0.497 e. The number of ketones is 1. The molecule has 0 bridgehead atoms. The van der Waals surface area contributed by atoms with E-state index in [0.717, 1.165) is 36.9 Å². The SMILES string of the molecule is COc1ccc2c(c1)NCC2C(=O)C(=O)N(CC(=O)NC(C)C)CC1CCCCC1. The number of nitrogens with one attached hydrogen (secondary N) is 2. The van der Waals surface area contributed by atoms with E-state index in [1.54, 1.807) is 13.2 Å². The van der Waals surface area contributed by atoms with E-state index in [1.807, 2.05) is 26.0 Å². The molecule has 7 nitrogen and oxygen atoms in total. The summed E-state index contributed by atoms with van der Waals surface area (Å²) in [6, 6.07) is 5.46. The van der Waals surface area contributed by atoms with Crippen LogP contribution in [0.5, 0.6) is 5.75 Å². The summed E-state index contributed by atoms with van der Waals surface area (Å²) >= 11 is 0. The van der Waals surface area contributed by atoms with Gasteiger partial charge in [0.15, 0.2) is 0 Å². The van der Waals surface area contributed by atoms with Gasteiger partial charge in [-0.3, -0.25) is 14.4 Å². The van der Waals surface area contributed by atoms with Crippen LogP contribution in [0.1, 0.15) is 57.4 Å². The Hall–Kier alpha value is -2.57. The Morgan fingerprint density at radius 2 is 1.93 bits per heavy atom. The fraction of sp³-hybridized carbons (Fsp3) is 0.609. The first-order valence-electron chi connectivity index (χ1n) is 10.9. The standard InChI is InChI=1S/C23H33N3O4/c1-15(2)25-21(27)14-26(13-16-7-5-4-6-8-16)23(29)22(28)19-12-24-20-11-17(30-3)9-10-18(19)20/h9-11,15-16,19,24H,4-8,12-14H2,1-3H3,(H,25,27). The lowest BCUT2D eigenvalue weighted by molar-refractivity contribution is -0.147. The Morgan fingerprint density at radius 3 is 2.60 bits per heavy atom. The molecule has 0 saturated heterocycles. The van der Waals surface area contributed by atoms with Gasteiger partial charge in [0.05, 0.1) is 19.6 Å². The Morgan fingerprint density at radius 1 is 1.20 bits per heavy atom. The predicted octanol–water partition coefficient (Wildman–Crippen LogP) is 2.71. The zero-order valence-corrected chi connectivity index (χ0v) is 18.2. The molecule has 1 aliphatic heterocycles. The molecular formula is C23H33N3O4. The van der Waals surface area contributed by atoms with Gasteiger partial charge < -0.3 is 20.3 Å². The number of methoxy groups -OCH3 is 1. The van der Waals surface area contributed by atoms with E-state index in [0.29, 0.717) is 24.8 Å². The van der Waals surface area contributed by atoms with Gasteiger partial charge in [-0.2, -0.15) is 0 Å². The molecular weight excluding hydrogens is 382 g/mol. The summed E-state index contributed by atoms with van der Waals surface area (Å²) in [7, 11) is 1.59. The first kappa shape index (κ1) is 22.1. The summed E-state index contributed by atoms with van der Waals surface area (Å²) in [5.74, 6) is -0.739. The molecule has 1 heterocycles. The van der Waals surface area contributed by atoms with Crippen molar-refractivity contribution in [2.24, 2.45) is 5.92 Å². The predicted molar refractivity (Wildman–Crippen MR) is 116 cm³/mol. The van der Waals surface area contributed by atoms with Crippen LogP contribution in [0.25, 0.3) is 0 Å². The summed E-state index contributed by atoms with van der Waals surface area (Å²) < 4.78 is 5.24. The summed E-state index contributed by atoms with van der Waals surface area (Å²) in [6.07, 6.45) is 5.57. The molecule has 0 aromatic heterocycles. The van der Waals surface area contributed by atoms with Crippen molar-refractivity contribution in [3.63, 3.8) is 0 Å². The van der Waals surface area contributed by atoms with Crippen LogP contribution in [0.15, 0.2) is 18.2 Å². The molecule has 2 N–H and O–H groups in total. The average Bonchev–Trinajstić information content (AvgIpc) is 3.15. The smallest absolute Gasteiger partial charge is 0.291 e. The number of benzene rings is 1. The molecule has 1 aromatic rings. The summed E-state index contributed by atoms with van der Waals surface area (Å²) in [6.45, 7) is 4.53. The molecule has 0 spiro atoms. The minimum absolute atomic E-state index is 0.0132. The van der Waals surface area contributed by atoms with Gasteiger partial charge in [-0.1, -0.05) is 25.3 Å². The summed E-state index contributed by atoms with van der Waals surface area (Å²) in [5.41, 5.74) is 1.62. The molecule has 7 heteroatoms. The van der Waals surface area contributed by atoms with Crippen LogP contribution in [0.2, 0.25) is 0 Å². The van der Waals surface area contributed by atoms with Gasteiger partial charge in [0.25, 0.3) is 5.91 Å². The Bertz CT molecular complexity index is 787. The van der Waals surface area contributed by atoms with Gasteiger partial charge in [0, 0.05) is 30.9 Å². The molecule has 1 aliphatic carbocycles. The minimum atomic E-state index is -0.560. The lowest BCUT2D eigenvalue weighted by Gasteiger charge is -2.30. The molecule has 1 fully saturated rings. The van der Waals surface area contributed by atoms with E-state index in [1.165, 1.54) is 11.3 Å². The Kier molecular flexibility index (Phi) is 7.34. The highest BCUT2D eigenvalue weighted by Gasteiger charge is 2.36. The fourth-order valence-corrected chi connectivity index (χ4v) is 4.42. The van der Waals surface area contributed by atoms with Gasteiger partial charge in [0.2, 0.25) is 11.7 Å². The van der Waals surface area contributed by atoms with Crippen molar-refractivity contribution in [1.82, 2.24) is 10.2 Å². The normalized spacial score (nSPS) is 18.5. The zero-order chi connectivity index (χ0) is 21.7. The molecule has 0 radical (unpaired) electrons. The van der Waals surface area contributed by atoms with E-state index in [9.17, 15) is 14.4 Å². The number of Topliss-reactive ketones (excluding diaryl/α,β-unsaturated/α-hetero) is 1. The summed E-state index contributed by atoms with van der Waals surface area (Å²) in [4.78, 5) is 40.2. The Balaban J connectivity index is 1.74. The molecule has 2 aliphatic rings. The van der Waals surface area contributed by atoms with Crippen molar-refractivity contribution in [3.05, 3.63) is 23.8 Å². The van der Waals surface area contributed by atoms with Crippen LogP contribution >= 0.6 is 0 Å². The number of amides is 2. The van der Waals surface area contributed by atoms with Crippen molar-refractivity contribution in [1.29, 1.82) is 0 Å². The quantitative estimate of drug-likeness (QED) is 0.638. The van der Waals surface area contributed by atoms with Crippen molar-refractivity contribution >= 4 is 23.3 Å². The third kappa shape index (κ3) is 5.32. The van der Waals surface area contributed by atoms with Crippen molar-refractivity contribution < 1.29 is 19.1 Å². The lowest BCUT2D eigenvalue weighted by Crippen LogP contribution is -2.48. The van der Waals surface area contributed by atoms with Crippen molar-refractivity contribution in [3.8, 4) is 5.75 Å². The van der Waals surface area contributed by atoms with Crippen LogP contribution in [0.3, 0.4) is 0 Å². The fourth-order valence-electron chi connectivity index (χ4n) is 4.42. The maximum atomic E-state index is 13.2. The van der Waals surface area contributed by atoms with Gasteiger partial charge in [0.1, 0.15) is 5.75 Å². The summed E-state index contributed by atoms with van der Waals surface area (Å²) in [5, 5.41) is 6.03. The van der Waals surface area contributed by atoms with Crippen molar-refractivity contribution in [2.75, 3.05) is 32.1 Å². The first-order chi connectivity index (χ1) is 14.4. The molecule has 30 heavy (non-hydrogen) atoms. The number of hydrogen-bond donors (Lipinski definition) is 2. The number of ether oxygens (including phenoxy) is 1. The number of fused-ring (bicyclic) bond motifs is 1. The third-order valence-corrected chi connectivity index (χ3v) is 5.93. The highest BCUT2D eigenvalue weighted by atomic mass is 16.5. The van der Waals surface area contributed by atoms with E-state index >= 15 is 0 Å². The van der Waals surface area contributed by atoms with E-state index < -0.39 is 17.6 Å². The number of rotatable bonds is 8. The van der Waals surface area contributed by atoms with Gasteiger partial charge in [-0.25, -0.2) is 0 Å². The van der Waals surface area contributed by atoms with E-state index in [-0.39, 0.29) is 18.5 Å². The number of carbonyl (C=O) groups excluding carboxylic acids is 3. The van der Waals surface area contributed by atoms with Crippen LogP contribution in [0.4, 0.5) is 5.69 Å². The van der Waals surface area contributed by atoms with E-state index in [4.69, 9.17) is 4.74 Å². The second-order valence-corrected chi connectivity index (χ2v) is 8.66. The van der Waals surface area contributed by atoms with Crippen LogP contribution in [0, 0.1) is 5.92 Å². The zero-order valence-electron chi connectivity index (χ0n) is 18.2. The molecule has 1 aromatic carbocycles. The highest BCUT2D eigenvalue weighted by molar-refractivity contribution is 6.38. The molecule has 164 valence electrons. The van der Waals surface area contributed by atoms with Crippen LogP contribution in [-0.4, -0.2) is 55.3 Å². The number of carbonyl (C=O) groups is 3. The Labute approximate surface area is 178 Å². The topological polar surface area (TPSA) is 87.7 Å². The number of anilines is 1. The second-order valence-electron chi connectivity index (χ2n) is 8.66. The largest absolute Gasteiger partial charge is 0.497 e. The number of hydrogen-bond acceptors (Lipinski definition) is 5. The van der Waals surface area contributed by atoms with Gasteiger partial charge in [-0.05, 0) is 44.2 Å². The maximum absolute atomic E-state index is 13.2. The third-order valence-electron chi connectivity index (χ3n) is 5.93. The monoisotopic (exact) mass is 415 g/mol. The lowest BCUT2D eigenvalue weighted by atomic mass is 9.88. The second kappa shape index (κ2) is 9.96. The molecule has 3 rings (SSSR count). The van der Waals surface area contributed by atoms with Crippen molar-refractivity contribution in [2.45, 2.75) is 57.9 Å². The number of nitrogens with zero attached hydrogens (tertiary/aromatic N) is 1. The van der Waals surface area contributed by atoms with Gasteiger partial charge in [-0.15, -0.1) is 0 Å². The maximum Gasteiger partial charge on any atom is 0.291 e. The highest BCUT2D eigenvalue weighted by Crippen LogP contribution is 2.35. The van der Waals surface area contributed by atoms with Gasteiger partial charge >= 0.3 is 0 Å². The molecule has 1 saturated carbocycles. The van der Waals surface area contributed by atoms with E-state index in [2.05, 4.69) is 10.6 Å². The van der Waals surface area contributed by atoms with Crippen LogP contribution in [-0.2, 0) is 14.4 Å². The molecule has 2 amide bonds. The van der Waals surface area contributed by atoms with Crippen LogP contribution < -0.4 is 15.4 Å². The molecule has 1 unspecified atom stereocenters. The first-order valence-corrected chi connectivity index (χ1v) is 10.9. The average molecular weight is 416 g/mol. The molecule has 1 atom stereocenters.